The minimum absolute atomic E-state index is 0.152. The van der Waals surface area contributed by atoms with E-state index in [4.69, 9.17) is 0 Å². The lowest BCUT2D eigenvalue weighted by Crippen LogP contribution is -2.23. The Morgan fingerprint density at radius 1 is 1.53 bits per heavy atom. The smallest absolute Gasteiger partial charge is 0.137 e. The van der Waals surface area contributed by atoms with Gasteiger partial charge in [0, 0.05) is 11.8 Å². The molecule has 1 atom stereocenters. The van der Waals surface area contributed by atoms with Crippen LogP contribution in [0.2, 0.25) is 0 Å². The molecule has 0 amide bonds. The zero-order chi connectivity index (χ0) is 12.3. The third-order valence-electron chi connectivity index (χ3n) is 3.05. The second-order valence-electron chi connectivity index (χ2n) is 4.28. The second-order valence-corrected chi connectivity index (χ2v) is 6.18. The molecule has 1 heterocycles. The molecule has 0 aliphatic carbocycles. The molecule has 1 unspecified atom stereocenters. The fourth-order valence-electron chi connectivity index (χ4n) is 2.14. The highest BCUT2D eigenvalue weighted by molar-refractivity contribution is 9.10. The topological polar surface area (TPSA) is 12.0 Å². The van der Waals surface area contributed by atoms with Crippen LogP contribution in [0.15, 0.2) is 16.6 Å². The Morgan fingerprint density at radius 3 is 3.12 bits per heavy atom. The van der Waals surface area contributed by atoms with Crippen LogP contribution in [0, 0.1) is 5.82 Å². The molecule has 1 nitrogen and oxygen atoms in total. The number of benzene rings is 1. The van der Waals surface area contributed by atoms with E-state index in [2.05, 4.69) is 28.2 Å². The lowest BCUT2D eigenvalue weighted by Gasteiger charge is -2.19. The van der Waals surface area contributed by atoms with Crippen molar-refractivity contribution in [2.75, 3.05) is 12.3 Å². The summed E-state index contributed by atoms with van der Waals surface area (Å²) < 4.78 is 14.2. The van der Waals surface area contributed by atoms with Gasteiger partial charge in [0.05, 0.1) is 4.47 Å². The average molecular weight is 318 g/mol. The molecule has 0 bridgehead atoms. The first-order valence-corrected chi connectivity index (χ1v) is 7.96. The highest BCUT2D eigenvalue weighted by Crippen LogP contribution is 2.36. The van der Waals surface area contributed by atoms with Crippen LogP contribution in [0.3, 0.4) is 0 Å². The summed E-state index contributed by atoms with van der Waals surface area (Å²) in [5, 5.41) is 3.56. The summed E-state index contributed by atoms with van der Waals surface area (Å²) in [7, 11) is 0. The monoisotopic (exact) mass is 317 g/mol. The first-order valence-electron chi connectivity index (χ1n) is 6.02. The van der Waals surface area contributed by atoms with Crippen molar-refractivity contribution < 1.29 is 4.39 Å². The number of hydrogen-bond acceptors (Lipinski definition) is 2. The van der Waals surface area contributed by atoms with E-state index < -0.39 is 0 Å². The molecule has 0 saturated heterocycles. The van der Waals surface area contributed by atoms with Gasteiger partial charge in [-0.15, -0.1) is 0 Å². The lowest BCUT2D eigenvalue weighted by atomic mass is 9.99. The maximum atomic E-state index is 13.5. The standard InChI is InChI=1S/C13H17BrFNS/c1-2-6-16-12-5-7-17-8-10-9(12)3-4-11(15)13(10)14/h3-4,12,16H,2,5-8H2,1H3. The van der Waals surface area contributed by atoms with Crippen molar-refractivity contribution in [1.29, 1.82) is 0 Å². The number of thioether (sulfide) groups is 1. The number of nitrogens with one attached hydrogen (secondary N) is 1. The van der Waals surface area contributed by atoms with Crippen molar-refractivity contribution >= 4 is 27.7 Å². The molecule has 1 aromatic rings. The largest absolute Gasteiger partial charge is 0.310 e. The molecule has 2 rings (SSSR count). The molecule has 0 fully saturated rings. The van der Waals surface area contributed by atoms with E-state index in [-0.39, 0.29) is 5.82 Å². The van der Waals surface area contributed by atoms with Gasteiger partial charge in [0.15, 0.2) is 0 Å². The van der Waals surface area contributed by atoms with Crippen molar-refractivity contribution in [2.24, 2.45) is 0 Å². The summed E-state index contributed by atoms with van der Waals surface area (Å²) >= 11 is 5.26. The molecular formula is C13H17BrFNS. The Kier molecular flexibility index (Phi) is 4.88. The Labute approximate surface area is 115 Å². The predicted molar refractivity (Wildman–Crippen MR) is 75.9 cm³/mol. The number of hydrogen-bond donors (Lipinski definition) is 1. The molecule has 94 valence electrons. The minimum atomic E-state index is -0.152. The molecule has 17 heavy (non-hydrogen) atoms. The van der Waals surface area contributed by atoms with Crippen LogP contribution in [0.4, 0.5) is 4.39 Å². The van der Waals surface area contributed by atoms with Gasteiger partial charge in [-0.1, -0.05) is 13.0 Å². The van der Waals surface area contributed by atoms with Crippen molar-refractivity contribution in [3.05, 3.63) is 33.5 Å². The van der Waals surface area contributed by atoms with Crippen LogP contribution in [0.5, 0.6) is 0 Å². The summed E-state index contributed by atoms with van der Waals surface area (Å²) in [4.78, 5) is 0. The number of fused-ring (bicyclic) bond motifs is 1. The fraction of sp³-hybridized carbons (Fsp3) is 0.538. The van der Waals surface area contributed by atoms with E-state index >= 15 is 0 Å². The molecule has 1 aliphatic rings. The SMILES string of the molecule is CCCNC1CCSCc2c1ccc(F)c2Br. The minimum Gasteiger partial charge on any atom is -0.310 e. The number of rotatable bonds is 3. The highest BCUT2D eigenvalue weighted by Gasteiger charge is 2.21. The summed E-state index contributed by atoms with van der Waals surface area (Å²) in [5.41, 5.74) is 2.39. The van der Waals surface area contributed by atoms with Crippen LogP contribution < -0.4 is 5.32 Å². The summed E-state index contributed by atoms with van der Waals surface area (Å²) in [6.07, 6.45) is 2.25. The molecule has 4 heteroatoms. The summed E-state index contributed by atoms with van der Waals surface area (Å²) in [5.74, 6) is 1.88. The van der Waals surface area contributed by atoms with Crippen molar-refractivity contribution in [3.63, 3.8) is 0 Å². The summed E-state index contributed by atoms with van der Waals surface area (Å²) in [6, 6.07) is 3.88. The van der Waals surface area contributed by atoms with Crippen LogP contribution in [-0.2, 0) is 5.75 Å². The Balaban J connectivity index is 2.32. The highest BCUT2D eigenvalue weighted by atomic mass is 79.9. The quantitative estimate of drug-likeness (QED) is 0.893. The summed E-state index contributed by atoms with van der Waals surface area (Å²) in [6.45, 7) is 3.18. The molecule has 0 aromatic heterocycles. The zero-order valence-corrected chi connectivity index (χ0v) is 12.3. The molecular weight excluding hydrogens is 301 g/mol. The van der Waals surface area contributed by atoms with E-state index in [1.165, 1.54) is 5.56 Å². The molecule has 1 N–H and O–H groups in total. The maximum absolute atomic E-state index is 13.5. The van der Waals surface area contributed by atoms with Crippen LogP contribution >= 0.6 is 27.7 Å². The van der Waals surface area contributed by atoms with E-state index in [1.807, 2.05) is 17.8 Å². The fourth-order valence-corrected chi connectivity index (χ4v) is 3.89. The van der Waals surface area contributed by atoms with Gasteiger partial charge in [-0.3, -0.25) is 0 Å². The molecule has 1 aromatic carbocycles. The Bertz CT molecular complexity index is 397. The van der Waals surface area contributed by atoms with Gasteiger partial charge in [-0.25, -0.2) is 4.39 Å². The van der Waals surface area contributed by atoms with Gasteiger partial charge >= 0.3 is 0 Å². The molecule has 0 radical (unpaired) electrons. The molecule has 0 saturated carbocycles. The van der Waals surface area contributed by atoms with Gasteiger partial charge in [0.2, 0.25) is 0 Å². The second kappa shape index (κ2) is 6.21. The third-order valence-corrected chi connectivity index (χ3v) is 4.92. The van der Waals surface area contributed by atoms with Gasteiger partial charge in [-0.05, 0) is 58.3 Å². The lowest BCUT2D eigenvalue weighted by molar-refractivity contribution is 0.519. The Morgan fingerprint density at radius 2 is 2.35 bits per heavy atom. The Hall–Kier alpha value is -0.0600. The number of halogens is 2. The van der Waals surface area contributed by atoms with E-state index in [1.54, 1.807) is 6.07 Å². The van der Waals surface area contributed by atoms with Crippen molar-refractivity contribution in [3.8, 4) is 0 Å². The van der Waals surface area contributed by atoms with Crippen LogP contribution in [-0.4, -0.2) is 12.3 Å². The van der Waals surface area contributed by atoms with E-state index in [9.17, 15) is 4.39 Å². The normalized spacial score (nSPS) is 19.8. The van der Waals surface area contributed by atoms with Crippen molar-refractivity contribution in [2.45, 2.75) is 31.6 Å². The van der Waals surface area contributed by atoms with Gasteiger partial charge in [0.1, 0.15) is 5.82 Å². The first-order chi connectivity index (χ1) is 8.24. The van der Waals surface area contributed by atoms with Crippen LogP contribution in [0.1, 0.15) is 36.9 Å². The molecule has 1 aliphatic heterocycles. The average Bonchev–Trinajstić information content (AvgIpc) is 2.54. The van der Waals surface area contributed by atoms with Gasteiger partial charge in [0.25, 0.3) is 0 Å². The van der Waals surface area contributed by atoms with Gasteiger partial charge < -0.3 is 5.32 Å². The zero-order valence-electron chi connectivity index (χ0n) is 9.93. The van der Waals surface area contributed by atoms with E-state index in [0.29, 0.717) is 10.5 Å². The van der Waals surface area contributed by atoms with Crippen molar-refractivity contribution in [1.82, 2.24) is 5.32 Å². The third kappa shape index (κ3) is 3.04. The van der Waals surface area contributed by atoms with E-state index in [0.717, 1.165) is 36.5 Å². The van der Waals surface area contributed by atoms with Crippen LogP contribution in [0.25, 0.3) is 0 Å². The molecule has 0 spiro atoms. The first kappa shape index (κ1) is 13.4. The maximum Gasteiger partial charge on any atom is 0.137 e. The van der Waals surface area contributed by atoms with Gasteiger partial charge in [-0.2, -0.15) is 11.8 Å². The predicted octanol–water partition coefficient (Wildman–Crippen LogP) is 4.27.